The zero-order chi connectivity index (χ0) is 16.1. The Morgan fingerprint density at radius 3 is 3.04 bits per heavy atom. The summed E-state index contributed by atoms with van der Waals surface area (Å²) in [7, 11) is 0. The first-order chi connectivity index (χ1) is 11.8. The highest BCUT2D eigenvalue weighted by Crippen LogP contribution is 2.40. The van der Waals surface area contributed by atoms with Crippen LogP contribution >= 0.6 is 0 Å². The highest BCUT2D eigenvalue weighted by atomic mass is 16.3. The summed E-state index contributed by atoms with van der Waals surface area (Å²) in [6.45, 7) is 0. The van der Waals surface area contributed by atoms with Crippen molar-refractivity contribution in [3.63, 3.8) is 0 Å². The van der Waals surface area contributed by atoms with E-state index in [1.54, 1.807) is 29.1 Å². The summed E-state index contributed by atoms with van der Waals surface area (Å²) < 4.78 is 7.49. The Kier molecular flexibility index (Phi) is 2.70. The number of nitrogens with zero attached hydrogens (tertiary/aromatic N) is 4. The van der Waals surface area contributed by atoms with Gasteiger partial charge in [0.1, 0.15) is 11.8 Å². The van der Waals surface area contributed by atoms with Crippen molar-refractivity contribution in [2.24, 2.45) is 0 Å². The Bertz CT molecular complexity index is 1080. The van der Waals surface area contributed by atoms with Crippen molar-refractivity contribution < 1.29 is 9.21 Å². The van der Waals surface area contributed by atoms with Crippen molar-refractivity contribution in [1.82, 2.24) is 19.6 Å². The van der Waals surface area contributed by atoms with Gasteiger partial charge in [-0.25, -0.2) is 4.98 Å². The van der Waals surface area contributed by atoms with Gasteiger partial charge in [-0.3, -0.25) is 9.20 Å². The molecule has 4 aromatic rings. The first kappa shape index (κ1) is 13.2. The molecule has 1 N–H and O–H groups in total. The lowest BCUT2D eigenvalue weighted by molar-refractivity contribution is 0.102. The van der Waals surface area contributed by atoms with Crippen LogP contribution in [0, 0.1) is 0 Å². The molecule has 7 heteroatoms. The van der Waals surface area contributed by atoms with Gasteiger partial charge in [0, 0.05) is 23.9 Å². The van der Waals surface area contributed by atoms with Crippen molar-refractivity contribution >= 4 is 28.3 Å². The maximum absolute atomic E-state index is 12.4. The first-order valence-corrected chi connectivity index (χ1v) is 7.77. The van der Waals surface area contributed by atoms with E-state index in [0.29, 0.717) is 28.4 Å². The van der Waals surface area contributed by atoms with Crippen molar-refractivity contribution in [1.29, 1.82) is 0 Å². The highest BCUT2D eigenvalue weighted by Gasteiger charge is 2.28. The Labute approximate surface area is 136 Å². The molecule has 0 spiro atoms. The molecule has 1 fully saturated rings. The second-order valence-electron chi connectivity index (χ2n) is 5.98. The van der Waals surface area contributed by atoms with E-state index in [1.165, 1.54) is 0 Å². The molecule has 24 heavy (non-hydrogen) atoms. The molecule has 7 nitrogen and oxygen atoms in total. The number of benzene rings is 1. The number of aromatic nitrogens is 4. The molecule has 1 aliphatic rings. The van der Waals surface area contributed by atoms with E-state index < -0.39 is 0 Å². The Morgan fingerprint density at radius 2 is 2.17 bits per heavy atom. The van der Waals surface area contributed by atoms with E-state index >= 15 is 0 Å². The number of nitrogens with one attached hydrogen (secondary N) is 1. The molecule has 0 aliphatic heterocycles. The number of hydrogen-bond acceptors (Lipinski definition) is 5. The van der Waals surface area contributed by atoms with E-state index in [1.807, 2.05) is 18.2 Å². The van der Waals surface area contributed by atoms with E-state index in [0.717, 1.165) is 24.2 Å². The molecule has 1 amide bonds. The van der Waals surface area contributed by atoms with Gasteiger partial charge in [0.05, 0.1) is 5.56 Å². The minimum absolute atomic E-state index is 0.202. The molecule has 3 heterocycles. The largest absolute Gasteiger partial charge is 0.440 e. The monoisotopic (exact) mass is 319 g/mol. The normalized spacial score (nSPS) is 14.3. The first-order valence-electron chi connectivity index (χ1n) is 7.77. The quantitative estimate of drug-likeness (QED) is 0.627. The summed E-state index contributed by atoms with van der Waals surface area (Å²) in [6.07, 6.45) is 5.54. The van der Waals surface area contributed by atoms with Crippen LogP contribution in [0.3, 0.4) is 0 Å². The van der Waals surface area contributed by atoms with Gasteiger partial charge in [-0.1, -0.05) is 0 Å². The van der Waals surface area contributed by atoms with Gasteiger partial charge >= 0.3 is 0 Å². The van der Waals surface area contributed by atoms with Crippen LogP contribution in [0.1, 0.15) is 35.0 Å². The molecule has 0 saturated heterocycles. The number of amides is 1. The summed E-state index contributed by atoms with van der Waals surface area (Å²) >= 11 is 0. The van der Waals surface area contributed by atoms with Gasteiger partial charge in [-0.15, -0.1) is 10.2 Å². The Balaban J connectivity index is 1.43. The Hall–Kier alpha value is -3.22. The van der Waals surface area contributed by atoms with Crippen LogP contribution in [0.25, 0.3) is 16.7 Å². The Morgan fingerprint density at radius 1 is 1.25 bits per heavy atom. The average molecular weight is 319 g/mol. The third kappa shape index (κ3) is 2.21. The SMILES string of the molecule is O=C(Nc1ccc2nc(C3CC3)oc2c1)c1ccc2nncn2c1. The zero-order valence-corrected chi connectivity index (χ0v) is 12.6. The maximum Gasteiger partial charge on any atom is 0.257 e. The second kappa shape index (κ2) is 4.89. The molecule has 0 radical (unpaired) electrons. The summed E-state index contributed by atoms with van der Waals surface area (Å²) in [5.41, 5.74) is 3.42. The number of hydrogen-bond donors (Lipinski definition) is 1. The second-order valence-corrected chi connectivity index (χ2v) is 5.98. The molecule has 1 aromatic carbocycles. The maximum atomic E-state index is 12.4. The van der Waals surface area contributed by atoms with Gasteiger partial charge in [0.15, 0.2) is 17.1 Å². The number of anilines is 1. The van der Waals surface area contributed by atoms with Crippen molar-refractivity contribution in [3.05, 3.63) is 54.3 Å². The number of carbonyl (C=O) groups is 1. The summed E-state index contributed by atoms with van der Waals surface area (Å²) in [6, 6.07) is 8.98. The third-order valence-corrected chi connectivity index (χ3v) is 4.14. The van der Waals surface area contributed by atoms with E-state index in [9.17, 15) is 4.79 Å². The lowest BCUT2D eigenvalue weighted by atomic mass is 10.2. The molecule has 5 rings (SSSR count). The van der Waals surface area contributed by atoms with Gasteiger partial charge in [-0.05, 0) is 37.1 Å². The number of fused-ring (bicyclic) bond motifs is 2. The molecule has 1 aliphatic carbocycles. The number of carbonyl (C=O) groups excluding carboxylic acids is 1. The minimum atomic E-state index is -0.202. The standard InChI is InChI=1S/C17H13N5O2/c23-16(11-3-6-15-21-18-9-22(15)8-11)19-12-4-5-13-14(7-12)24-17(20-13)10-1-2-10/h3-10H,1-2H2,(H,19,23). The van der Waals surface area contributed by atoms with Crippen molar-refractivity contribution in [2.75, 3.05) is 5.32 Å². The fourth-order valence-electron chi connectivity index (χ4n) is 2.69. The summed E-state index contributed by atoms with van der Waals surface area (Å²) in [5, 5.41) is 10.6. The molecule has 0 unspecified atom stereocenters. The molecule has 1 saturated carbocycles. The molecule has 118 valence electrons. The lowest BCUT2D eigenvalue weighted by Crippen LogP contribution is -2.12. The van der Waals surface area contributed by atoms with Crippen LogP contribution in [0.4, 0.5) is 5.69 Å². The highest BCUT2D eigenvalue weighted by molar-refractivity contribution is 6.04. The van der Waals surface area contributed by atoms with Gasteiger partial charge in [0.2, 0.25) is 0 Å². The molecular formula is C17H13N5O2. The van der Waals surface area contributed by atoms with Crippen LogP contribution in [-0.4, -0.2) is 25.5 Å². The summed E-state index contributed by atoms with van der Waals surface area (Å²) in [5.74, 6) is 1.06. The number of oxazole rings is 1. The predicted octanol–water partition coefficient (Wildman–Crippen LogP) is 3.00. The fraction of sp³-hybridized carbons (Fsp3) is 0.176. The smallest absolute Gasteiger partial charge is 0.257 e. The number of pyridine rings is 1. The van der Waals surface area contributed by atoms with E-state index in [4.69, 9.17) is 4.42 Å². The molecule has 3 aromatic heterocycles. The van der Waals surface area contributed by atoms with Gasteiger partial charge in [0.25, 0.3) is 5.91 Å². The molecule has 0 bridgehead atoms. The average Bonchev–Trinajstić information content (AvgIpc) is 3.18. The van der Waals surface area contributed by atoms with Gasteiger partial charge < -0.3 is 9.73 Å². The fourth-order valence-corrected chi connectivity index (χ4v) is 2.69. The van der Waals surface area contributed by atoms with Crippen LogP contribution < -0.4 is 5.32 Å². The van der Waals surface area contributed by atoms with Crippen LogP contribution in [-0.2, 0) is 0 Å². The van der Waals surface area contributed by atoms with Gasteiger partial charge in [-0.2, -0.15) is 0 Å². The summed E-state index contributed by atoms with van der Waals surface area (Å²) in [4.78, 5) is 16.9. The van der Waals surface area contributed by atoms with E-state index in [-0.39, 0.29) is 5.91 Å². The van der Waals surface area contributed by atoms with Crippen LogP contribution in [0.5, 0.6) is 0 Å². The van der Waals surface area contributed by atoms with Crippen molar-refractivity contribution in [3.8, 4) is 0 Å². The minimum Gasteiger partial charge on any atom is -0.440 e. The molecule has 0 atom stereocenters. The zero-order valence-electron chi connectivity index (χ0n) is 12.6. The van der Waals surface area contributed by atoms with E-state index in [2.05, 4.69) is 20.5 Å². The topological polar surface area (TPSA) is 85.3 Å². The molecular weight excluding hydrogens is 306 g/mol. The van der Waals surface area contributed by atoms with Crippen LogP contribution in [0.2, 0.25) is 0 Å². The number of rotatable bonds is 3. The van der Waals surface area contributed by atoms with Crippen LogP contribution in [0.15, 0.2) is 47.3 Å². The third-order valence-electron chi connectivity index (χ3n) is 4.14. The van der Waals surface area contributed by atoms with Crippen molar-refractivity contribution in [2.45, 2.75) is 18.8 Å². The predicted molar refractivity (Wildman–Crippen MR) is 86.9 cm³/mol. The lowest BCUT2D eigenvalue weighted by Gasteiger charge is -2.05.